The highest BCUT2D eigenvalue weighted by Gasteiger charge is 2.23. The molecule has 0 spiro atoms. The van der Waals surface area contributed by atoms with Crippen LogP contribution in [0.1, 0.15) is 38.6 Å². The predicted molar refractivity (Wildman–Crippen MR) is 116 cm³/mol. The smallest absolute Gasteiger partial charge is 0.262 e. The molecule has 3 aromatic heterocycles. The number of thioether (sulfide) groups is 1. The minimum absolute atomic E-state index is 0.00325. The Bertz CT molecular complexity index is 1170. The van der Waals surface area contributed by atoms with Gasteiger partial charge >= 0.3 is 0 Å². The standard InChI is InChI=1S/C21H23N3O2S2/c1-5-9-24-12(2)10-15(13(24)3)16(25)11-27-21-22-19-18(20(26)23(21)4)14-7-6-8-17(14)28-19/h5,10H,1,6-9,11H2,2-4H3. The molecule has 0 unspecified atom stereocenters. The monoisotopic (exact) mass is 413 g/mol. The van der Waals surface area contributed by atoms with Crippen molar-refractivity contribution in [2.24, 2.45) is 7.05 Å². The number of thiophene rings is 1. The molecule has 4 rings (SSSR count). The van der Waals surface area contributed by atoms with E-state index >= 15 is 0 Å². The summed E-state index contributed by atoms with van der Waals surface area (Å²) in [5, 5.41) is 1.38. The number of allylic oxidation sites excluding steroid dienone is 1. The third-order valence-corrected chi connectivity index (χ3v) is 7.64. The number of fused-ring (bicyclic) bond motifs is 3. The molecule has 1 aliphatic rings. The van der Waals surface area contributed by atoms with Gasteiger partial charge in [-0.1, -0.05) is 17.8 Å². The Morgan fingerprint density at radius 1 is 1.39 bits per heavy atom. The van der Waals surface area contributed by atoms with E-state index < -0.39 is 0 Å². The van der Waals surface area contributed by atoms with E-state index in [-0.39, 0.29) is 17.1 Å². The SMILES string of the molecule is C=CCn1c(C)cc(C(=O)CSc2nc3sc4c(c3c(=O)n2C)CCC4)c1C. The summed E-state index contributed by atoms with van der Waals surface area (Å²) in [7, 11) is 1.75. The third-order valence-electron chi connectivity index (χ3n) is 5.42. The predicted octanol–water partition coefficient (Wildman–Crippen LogP) is 4.06. The molecule has 0 atom stereocenters. The average Bonchev–Trinajstić information content (AvgIpc) is 3.32. The summed E-state index contributed by atoms with van der Waals surface area (Å²) in [5.74, 6) is 0.311. The van der Waals surface area contributed by atoms with Gasteiger partial charge in [-0.15, -0.1) is 17.9 Å². The van der Waals surface area contributed by atoms with Crippen molar-refractivity contribution in [2.45, 2.75) is 44.8 Å². The fourth-order valence-electron chi connectivity index (χ4n) is 3.94. The number of aromatic nitrogens is 3. The lowest BCUT2D eigenvalue weighted by Crippen LogP contribution is -2.20. The number of carbonyl (C=O) groups excluding carboxylic acids is 1. The van der Waals surface area contributed by atoms with Gasteiger partial charge in [0, 0.05) is 35.4 Å². The quantitative estimate of drug-likeness (QED) is 0.265. The van der Waals surface area contributed by atoms with Gasteiger partial charge in [-0.3, -0.25) is 14.2 Å². The number of ketones is 1. The lowest BCUT2D eigenvalue weighted by molar-refractivity contribution is 0.102. The highest BCUT2D eigenvalue weighted by atomic mass is 32.2. The van der Waals surface area contributed by atoms with Crippen molar-refractivity contribution in [3.63, 3.8) is 0 Å². The highest BCUT2D eigenvalue weighted by Crippen LogP contribution is 2.35. The molecule has 3 aromatic rings. The molecule has 28 heavy (non-hydrogen) atoms. The van der Waals surface area contributed by atoms with Crippen molar-refractivity contribution < 1.29 is 4.79 Å². The Hall–Kier alpha value is -2.12. The molecule has 0 amide bonds. The number of nitrogens with zero attached hydrogens (tertiary/aromatic N) is 3. The fraction of sp³-hybridized carbons (Fsp3) is 0.381. The van der Waals surface area contributed by atoms with Crippen LogP contribution in [0.2, 0.25) is 0 Å². The van der Waals surface area contributed by atoms with E-state index in [4.69, 9.17) is 4.98 Å². The number of Topliss-reactive ketones (excluding diaryl/α,β-unsaturated/α-hetero) is 1. The van der Waals surface area contributed by atoms with Crippen LogP contribution in [0.5, 0.6) is 0 Å². The molecule has 0 saturated heterocycles. The second-order valence-corrected chi connectivity index (χ2v) is 9.22. The fourth-order valence-corrected chi connectivity index (χ4v) is 6.09. The molecule has 0 aromatic carbocycles. The van der Waals surface area contributed by atoms with E-state index in [2.05, 4.69) is 11.1 Å². The van der Waals surface area contributed by atoms with Gasteiger partial charge in [-0.05, 0) is 44.7 Å². The van der Waals surface area contributed by atoms with Gasteiger partial charge in [-0.2, -0.15) is 0 Å². The van der Waals surface area contributed by atoms with Gasteiger partial charge < -0.3 is 4.57 Å². The largest absolute Gasteiger partial charge is 0.345 e. The Morgan fingerprint density at radius 3 is 2.93 bits per heavy atom. The van der Waals surface area contributed by atoms with Crippen LogP contribution in [0.4, 0.5) is 0 Å². The maximum absolute atomic E-state index is 12.9. The molecule has 0 N–H and O–H groups in total. The number of carbonyl (C=O) groups is 1. The first-order valence-corrected chi connectivity index (χ1v) is 11.2. The maximum Gasteiger partial charge on any atom is 0.262 e. The molecule has 0 saturated carbocycles. The summed E-state index contributed by atoms with van der Waals surface area (Å²) in [6.07, 6.45) is 4.96. The first-order chi connectivity index (χ1) is 13.4. The Kier molecular flexibility index (Phi) is 5.05. The number of hydrogen-bond acceptors (Lipinski definition) is 5. The second-order valence-electron chi connectivity index (χ2n) is 7.19. The van der Waals surface area contributed by atoms with Crippen molar-refractivity contribution in [1.82, 2.24) is 14.1 Å². The van der Waals surface area contributed by atoms with Crippen molar-refractivity contribution in [2.75, 3.05) is 5.75 Å². The Labute approximate surface area is 172 Å². The van der Waals surface area contributed by atoms with Crippen LogP contribution < -0.4 is 5.56 Å². The topological polar surface area (TPSA) is 56.9 Å². The van der Waals surface area contributed by atoms with E-state index in [1.54, 1.807) is 23.0 Å². The van der Waals surface area contributed by atoms with Gasteiger partial charge in [0.1, 0.15) is 4.83 Å². The zero-order chi connectivity index (χ0) is 20.0. The second kappa shape index (κ2) is 7.37. The number of rotatable bonds is 6. The molecule has 5 nitrogen and oxygen atoms in total. The number of aryl methyl sites for hydroxylation is 3. The van der Waals surface area contributed by atoms with Gasteiger partial charge in [0.05, 0.1) is 11.1 Å². The molecular weight excluding hydrogens is 390 g/mol. The lowest BCUT2D eigenvalue weighted by atomic mass is 10.2. The van der Waals surface area contributed by atoms with Crippen molar-refractivity contribution in [3.05, 3.63) is 56.5 Å². The summed E-state index contributed by atoms with van der Waals surface area (Å²) < 4.78 is 3.67. The van der Waals surface area contributed by atoms with E-state index in [1.807, 2.05) is 26.0 Å². The van der Waals surface area contributed by atoms with Gasteiger partial charge in [0.25, 0.3) is 5.56 Å². The summed E-state index contributed by atoms with van der Waals surface area (Å²) in [5.41, 5.74) is 3.92. The van der Waals surface area contributed by atoms with Crippen LogP contribution in [0.3, 0.4) is 0 Å². The molecule has 0 fully saturated rings. The molecule has 0 bridgehead atoms. The molecule has 146 valence electrons. The molecule has 3 heterocycles. The first kappa shape index (κ1) is 19.2. The van der Waals surface area contributed by atoms with Gasteiger partial charge in [0.2, 0.25) is 0 Å². The lowest BCUT2D eigenvalue weighted by Gasteiger charge is -2.08. The maximum atomic E-state index is 12.9. The van der Waals surface area contributed by atoms with E-state index in [9.17, 15) is 9.59 Å². The Balaban J connectivity index is 1.60. The molecule has 0 aliphatic heterocycles. The van der Waals surface area contributed by atoms with E-state index in [0.29, 0.717) is 11.7 Å². The van der Waals surface area contributed by atoms with Crippen molar-refractivity contribution in [1.29, 1.82) is 0 Å². The van der Waals surface area contributed by atoms with Gasteiger partial charge in [0.15, 0.2) is 10.9 Å². The van der Waals surface area contributed by atoms with Crippen LogP contribution in [0.15, 0.2) is 28.7 Å². The van der Waals surface area contributed by atoms with Crippen LogP contribution >= 0.6 is 23.1 Å². The van der Waals surface area contributed by atoms with Crippen LogP contribution in [0, 0.1) is 13.8 Å². The summed E-state index contributed by atoms with van der Waals surface area (Å²) in [4.78, 5) is 32.5. The van der Waals surface area contributed by atoms with E-state index in [1.165, 1.54) is 22.2 Å². The molecule has 0 radical (unpaired) electrons. The van der Waals surface area contributed by atoms with Gasteiger partial charge in [-0.25, -0.2) is 4.98 Å². The van der Waals surface area contributed by atoms with E-state index in [0.717, 1.165) is 46.4 Å². The van der Waals surface area contributed by atoms with Crippen LogP contribution in [-0.2, 0) is 26.4 Å². The van der Waals surface area contributed by atoms with Crippen LogP contribution in [-0.4, -0.2) is 25.7 Å². The van der Waals surface area contributed by atoms with Crippen molar-refractivity contribution in [3.8, 4) is 0 Å². The minimum atomic E-state index is 0.00325. The summed E-state index contributed by atoms with van der Waals surface area (Å²) in [6.45, 7) is 8.42. The van der Waals surface area contributed by atoms with Crippen molar-refractivity contribution >= 4 is 39.1 Å². The normalized spacial score (nSPS) is 13.2. The summed E-state index contributed by atoms with van der Waals surface area (Å²) in [6, 6.07) is 1.93. The Morgan fingerprint density at radius 2 is 2.18 bits per heavy atom. The number of hydrogen-bond donors (Lipinski definition) is 0. The zero-order valence-corrected chi connectivity index (χ0v) is 18.0. The first-order valence-electron chi connectivity index (χ1n) is 9.37. The molecule has 7 heteroatoms. The summed E-state index contributed by atoms with van der Waals surface area (Å²) >= 11 is 2.97. The van der Waals surface area contributed by atoms with Crippen LogP contribution in [0.25, 0.3) is 10.2 Å². The minimum Gasteiger partial charge on any atom is -0.345 e. The average molecular weight is 414 g/mol. The zero-order valence-electron chi connectivity index (χ0n) is 16.4. The third kappa shape index (κ3) is 3.06. The molecular formula is C21H23N3O2S2. The highest BCUT2D eigenvalue weighted by molar-refractivity contribution is 7.99. The molecule has 1 aliphatic carbocycles.